The molecular formula is C10H13F2NO. The first-order valence-electron chi connectivity index (χ1n) is 4.40. The fourth-order valence-electron chi connectivity index (χ4n) is 1.36. The molecule has 0 saturated heterocycles. The van der Waals surface area contributed by atoms with Gasteiger partial charge in [0, 0.05) is 12.1 Å². The molecule has 1 atom stereocenters. The first-order chi connectivity index (χ1) is 6.56. The number of aliphatic hydroxyl groups excluding tert-OH is 1. The van der Waals surface area contributed by atoms with Gasteiger partial charge < -0.3 is 10.8 Å². The summed E-state index contributed by atoms with van der Waals surface area (Å²) in [6.45, 7) is 1.52. The molecule has 0 spiro atoms. The minimum absolute atomic E-state index is 0.0638. The Kier molecular flexibility index (Phi) is 3.55. The van der Waals surface area contributed by atoms with Gasteiger partial charge in [-0.15, -0.1) is 0 Å². The molecule has 1 unspecified atom stereocenters. The molecule has 4 heteroatoms. The maximum atomic E-state index is 13.2. The van der Waals surface area contributed by atoms with E-state index in [-0.39, 0.29) is 18.5 Å². The second-order valence-corrected chi connectivity index (χ2v) is 3.26. The van der Waals surface area contributed by atoms with E-state index in [1.165, 1.54) is 6.07 Å². The molecule has 78 valence electrons. The van der Waals surface area contributed by atoms with Gasteiger partial charge in [0.25, 0.3) is 0 Å². The molecule has 0 bridgehead atoms. The van der Waals surface area contributed by atoms with Crippen molar-refractivity contribution in [2.24, 2.45) is 5.73 Å². The number of hydrogen-bond donors (Lipinski definition) is 2. The summed E-state index contributed by atoms with van der Waals surface area (Å²) in [7, 11) is 0. The van der Waals surface area contributed by atoms with Crippen molar-refractivity contribution >= 4 is 0 Å². The van der Waals surface area contributed by atoms with E-state index < -0.39 is 17.7 Å². The maximum Gasteiger partial charge on any atom is 0.163 e. The van der Waals surface area contributed by atoms with Gasteiger partial charge >= 0.3 is 0 Å². The summed E-state index contributed by atoms with van der Waals surface area (Å²) in [6.07, 6.45) is -0.311. The van der Waals surface area contributed by atoms with Gasteiger partial charge in [0.2, 0.25) is 0 Å². The highest BCUT2D eigenvalue weighted by molar-refractivity contribution is 5.30. The predicted octanol–water partition coefficient (Wildman–Crippen LogP) is 1.35. The summed E-state index contributed by atoms with van der Waals surface area (Å²) < 4.78 is 26.0. The van der Waals surface area contributed by atoms with Crippen molar-refractivity contribution < 1.29 is 13.9 Å². The molecule has 1 aromatic rings. The van der Waals surface area contributed by atoms with E-state index in [1.807, 2.05) is 0 Å². The zero-order valence-corrected chi connectivity index (χ0v) is 7.93. The Balaban J connectivity index is 3.10. The average molecular weight is 201 g/mol. The number of rotatable bonds is 3. The minimum atomic E-state index is -0.911. The second-order valence-electron chi connectivity index (χ2n) is 3.26. The Bertz CT molecular complexity index is 326. The molecule has 0 heterocycles. The van der Waals surface area contributed by atoms with Crippen LogP contribution >= 0.6 is 0 Å². The van der Waals surface area contributed by atoms with E-state index in [1.54, 1.807) is 6.92 Å². The molecule has 0 radical (unpaired) electrons. The molecule has 0 fully saturated rings. The van der Waals surface area contributed by atoms with Crippen molar-refractivity contribution in [1.29, 1.82) is 0 Å². The van der Waals surface area contributed by atoms with E-state index in [0.29, 0.717) is 5.56 Å². The summed E-state index contributed by atoms with van der Waals surface area (Å²) in [5, 5.41) is 9.13. The van der Waals surface area contributed by atoms with Crippen molar-refractivity contribution in [1.82, 2.24) is 0 Å². The van der Waals surface area contributed by atoms with Crippen LogP contribution in [0.1, 0.15) is 18.1 Å². The van der Waals surface area contributed by atoms with Crippen LogP contribution in [-0.2, 0) is 13.0 Å². The van der Waals surface area contributed by atoms with Gasteiger partial charge in [0.15, 0.2) is 11.6 Å². The number of aliphatic hydroxyl groups is 1. The van der Waals surface area contributed by atoms with Crippen LogP contribution in [0, 0.1) is 11.6 Å². The van der Waals surface area contributed by atoms with Crippen LogP contribution in [0.25, 0.3) is 0 Å². The fourth-order valence-corrected chi connectivity index (χ4v) is 1.36. The van der Waals surface area contributed by atoms with E-state index in [2.05, 4.69) is 0 Å². The van der Waals surface area contributed by atoms with E-state index in [9.17, 15) is 8.78 Å². The third-order valence-corrected chi connectivity index (χ3v) is 2.01. The lowest BCUT2D eigenvalue weighted by Crippen LogP contribution is -2.11. The van der Waals surface area contributed by atoms with Gasteiger partial charge in [0.05, 0.1) is 6.10 Å². The summed E-state index contributed by atoms with van der Waals surface area (Å²) in [6, 6.07) is 2.50. The van der Waals surface area contributed by atoms with E-state index >= 15 is 0 Å². The summed E-state index contributed by atoms with van der Waals surface area (Å²) >= 11 is 0. The Morgan fingerprint density at radius 2 is 2.07 bits per heavy atom. The third kappa shape index (κ3) is 2.27. The second kappa shape index (κ2) is 4.48. The smallest absolute Gasteiger partial charge is 0.163 e. The van der Waals surface area contributed by atoms with E-state index in [0.717, 1.165) is 6.07 Å². The van der Waals surface area contributed by atoms with Crippen molar-refractivity contribution in [3.63, 3.8) is 0 Å². The summed E-state index contributed by atoms with van der Waals surface area (Å²) in [5.74, 6) is -1.81. The molecule has 0 aliphatic heterocycles. The lowest BCUT2D eigenvalue weighted by atomic mass is 10.0. The van der Waals surface area contributed by atoms with Gasteiger partial charge in [-0.2, -0.15) is 0 Å². The molecule has 1 aromatic carbocycles. The number of hydrogen-bond acceptors (Lipinski definition) is 2. The number of halogens is 2. The quantitative estimate of drug-likeness (QED) is 0.775. The highest BCUT2D eigenvalue weighted by Crippen LogP contribution is 2.17. The van der Waals surface area contributed by atoms with Gasteiger partial charge in [0.1, 0.15) is 0 Å². The first kappa shape index (κ1) is 11.1. The molecule has 2 nitrogen and oxygen atoms in total. The van der Waals surface area contributed by atoms with Crippen LogP contribution < -0.4 is 5.73 Å². The molecule has 1 rings (SSSR count). The monoisotopic (exact) mass is 201 g/mol. The van der Waals surface area contributed by atoms with Gasteiger partial charge in [-0.05, 0) is 25.0 Å². The molecule has 0 aliphatic rings. The number of nitrogens with two attached hydrogens (primary N) is 1. The van der Waals surface area contributed by atoms with E-state index in [4.69, 9.17) is 10.8 Å². The number of benzene rings is 1. The van der Waals surface area contributed by atoms with Crippen molar-refractivity contribution in [2.75, 3.05) is 0 Å². The highest BCUT2D eigenvalue weighted by Gasteiger charge is 2.13. The van der Waals surface area contributed by atoms with Crippen LogP contribution in [0.2, 0.25) is 0 Å². The maximum absolute atomic E-state index is 13.2. The summed E-state index contributed by atoms with van der Waals surface area (Å²) in [5.41, 5.74) is 6.01. The molecule has 0 amide bonds. The van der Waals surface area contributed by atoms with Gasteiger partial charge in [-0.3, -0.25) is 0 Å². The molecular weight excluding hydrogens is 188 g/mol. The summed E-state index contributed by atoms with van der Waals surface area (Å²) in [4.78, 5) is 0. The Hall–Kier alpha value is -1.00. The van der Waals surface area contributed by atoms with Crippen LogP contribution in [-0.4, -0.2) is 11.2 Å². The Morgan fingerprint density at radius 1 is 1.43 bits per heavy atom. The molecule has 0 aliphatic carbocycles. The van der Waals surface area contributed by atoms with Crippen LogP contribution in [0.15, 0.2) is 12.1 Å². The fraction of sp³-hybridized carbons (Fsp3) is 0.400. The largest absolute Gasteiger partial charge is 0.393 e. The zero-order chi connectivity index (χ0) is 10.7. The van der Waals surface area contributed by atoms with Crippen molar-refractivity contribution in [3.8, 4) is 0 Å². The highest BCUT2D eigenvalue weighted by atomic mass is 19.2. The van der Waals surface area contributed by atoms with Crippen molar-refractivity contribution in [3.05, 3.63) is 34.9 Å². The normalized spacial score (nSPS) is 12.9. The van der Waals surface area contributed by atoms with Crippen LogP contribution in [0.5, 0.6) is 0 Å². The predicted molar refractivity (Wildman–Crippen MR) is 49.6 cm³/mol. The first-order valence-corrected chi connectivity index (χ1v) is 4.40. The Labute approximate surface area is 81.4 Å². The van der Waals surface area contributed by atoms with Crippen LogP contribution in [0.4, 0.5) is 8.78 Å². The molecule has 3 N–H and O–H groups in total. The Morgan fingerprint density at radius 3 is 2.57 bits per heavy atom. The minimum Gasteiger partial charge on any atom is -0.393 e. The van der Waals surface area contributed by atoms with Crippen LogP contribution in [0.3, 0.4) is 0 Å². The topological polar surface area (TPSA) is 46.2 Å². The average Bonchev–Trinajstić information content (AvgIpc) is 2.11. The third-order valence-electron chi connectivity index (χ3n) is 2.01. The SMILES string of the molecule is CC(O)Cc1ccc(F)c(F)c1CN. The van der Waals surface area contributed by atoms with Gasteiger partial charge in [-0.1, -0.05) is 6.07 Å². The molecule has 0 saturated carbocycles. The molecule has 14 heavy (non-hydrogen) atoms. The molecule has 0 aromatic heterocycles. The lowest BCUT2D eigenvalue weighted by Gasteiger charge is -2.10. The lowest BCUT2D eigenvalue weighted by molar-refractivity contribution is 0.195. The zero-order valence-electron chi connectivity index (χ0n) is 7.93. The standard InChI is InChI=1S/C10H13F2NO/c1-6(14)4-7-2-3-9(11)10(12)8(7)5-13/h2-3,6,14H,4-5,13H2,1H3. The van der Waals surface area contributed by atoms with Gasteiger partial charge in [-0.25, -0.2) is 8.78 Å². The van der Waals surface area contributed by atoms with Crippen molar-refractivity contribution in [2.45, 2.75) is 26.0 Å².